The van der Waals surface area contributed by atoms with Gasteiger partial charge >= 0.3 is 5.97 Å². The van der Waals surface area contributed by atoms with E-state index in [0.29, 0.717) is 5.75 Å². The number of amides is 3. The number of carbonyl (C=O) groups excluding carboxylic acids is 3. The molecule has 0 aliphatic carbocycles. The van der Waals surface area contributed by atoms with E-state index in [4.69, 9.17) is 5.73 Å². The summed E-state index contributed by atoms with van der Waals surface area (Å²) >= 11 is 1.47. The highest BCUT2D eigenvalue weighted by Crippen LogP contribution is 2.19. The summed E-state index contributed by atoms with van der Waals surface area (Å²) in [7, 11) is 0. The highest BCUT2D eigenvalue weighted by molar-refractivity contribution is 7.98. The zero-order valence-electron chi connectivity index (χ0n) is 21.5. The number of aliphatic hydroxyl groups is 1. The number of aliphatic hydroxyl groups excluding tert-OH is 1. The molecule has 11 nitrogen and oxygen atoms in total. The van der Waals surface area contributed by atoms with E-state index >= 15 is 0 Å². The minimum Gasteiger partial charge on any atom is -0.480 e. The summed E-state index contributed by atoms with van der Waals surface area (Å²) in [5.74, 6) is -2.95. The predicted molar refractivity (Wildman–Crippen MR) is 143 cm³/mol. The topological polar surface area (TPSA) is 187 Å². The summed E-state index contributed by atoms with van der Waals surface area (Å²) in [5.41, 5.74) is 7.28. The number of thioether (sulfide) groups is 1. The monoisotopic (exact) mass is 535 g/mol. The Morgan fingerprint density at radius 2 is 1.65 bits per heavy atom. The van der Waals surface area contributed by atoms with Gasteiger partial charge in [0.2, 0.25) is 17.7 Å². The summed E-state index contributed by atoms with van der Waals surface area (Å²) < 4.78 is 0. The number of aromatic nitrogens is 1. The standard InChI is InChI=1S/C25H37N5O6S/c1-13(2)21(30-23(33)20(26)14(3)31)24(34)28-18(9-10-37-4)22(32)29-19(25(35)36)11-15-12-27-17-8-6-5-7-16(15)17/h5-8,12-14,18-21,27,31H,9-11,26H2,1-4H3,(H,28,34)(H,29,32)(H,30,33)(H,35,36). The number of nitrogens with one attached hydrogen (secondary N) is 4. The highest BCUT2D eigenvalue weighted by Gasteiger charge is 2.32. The lowest BCUT2D eigenvalue weighted by molar-refractivity contribution is -0.142. The van der Waals surface area contributed by atoms with Crippen molar-refractivity contribution in [3.8, 4) is 0 Å². The summed E-state index contributed by atoms with van der Waals surface area (Å²) in [6, 6.07) is 2.99. The minimum absolute atomic E-state index is 0.0518. The first-order valence-electron chi connectivity index (χ1n) is 12.1. The smallest absolute Gasteiger partial charge is 0.326 e. The number of fused-ring (bicyclic) bond motifs is 1. The number of rotatable bonds is 14. The minimum atomic E-state index is -1.22. The molecule has 1 aromatic heterocycles. The number of aromatic amines is 1. The van der Waals surface area contributed by atoms with Crippen LogP contribution in [0.5, 0.6) is 0 Å². The SMILES string of the molecule is CSCCC(NC(=O)C(NC(=O)C(N)C(C)O)C(C)C)C(=O)NC(Cc1c[nH]c2ccccc12)C(=O)O. The Hall–Kier alpha value is -3.09. The molecule has 0 spiro atoms. The van der Waals surface area contributed by atoms with Gasteiger partial charge in [0.25, 0.3) is 0 Å². The maximum atomic E-state index is 13.2. The third-order valence-corrected chi connectivity index (χ3v) is 6.67. The van der Waals surface area contributed by atoms with Gasteiger partial charge in [0.1, 0.15) is 24.2 Å². The summed E-state index contributed by atoms with van der Waals surface area (Å²) in [6.07, 6.45) is 2.76. The molecule has 5 unspecified atom stereocenters. The first-order chi connectivity index (χ1) is 17.5. The van der Waals surface area contributed by atoms with Crippen molar-refractivity contribution in [2.24, 2.45) is 11.7 Å². The number of carboxylic acid groups (broad SMARTS) is 1. The first-order valence-corrected chi connectivity index (χ1v) is 13.5. The number of carbonyl (C=O) groups is 4. The van der Waals surface area contributed by atoms with Crippen molar-refractivity contribution >= 4 is 46.4 Å². The van der Waals surface area contributed by atoms with Gasteiger partial charge in [0, 0.05) is 23.5 Å². The Morgan fingerprint density at radius 1 is 1.00 bits per heavy atom. The fourth-order valence-corrected chi connectivity index (χ4v) is 4.23. The molecule has 8 N–H and O–H groups in total. The quantitative estimate of drug-likeness (QED) is 0.181. The molecular formula is C25H37N5O6S. The van der Waals surface area contributed by atoms with Crippen LogP contribution in [0.4, 0.5) is 0 Å². The molecule has 37 heavy (non-hydrogen) atoms. The Morgan fingerprint density at radius 3 is 2.24 bits per heavy atom. The van der Waals surface area contributed by atoms with E-state index in [-0.39, 0.29) is 18.8 Å². The molecule has 204 valence electrons. The van der Waals surface area contributed by atoms with Crippen molar-refractivity contribution in [2.45, 2.75) is 63.9 Å². The van der Waals surface area contributed by atoms with Crippen LogP contribution >= 0.6 is 11.8 Å². The van der Waals surface area contributed by atoms with Crippen molar-refractivity contribution in [1.29, 1.82) is 0 Å². The zero-order valence-corrected chi connectivity index (χ0v) is 22.3. The van der Waals surface area contributed by atoms with Gasteiger partial charge in [0.05, 0.1) is 6.10 Å². The van der Waals surface area contributed by atoms with Crippen LogP contribution in [0.25, 0.3) is 10.9 Å². The van der Waals surface area contributed by atoms with Gasteiger partial charge in [-0.3, -0.25) is 14.4 Å². The van der Waals surface area contributed by atoms with Crippen molar-refractivity contribution in [3.63, 3.8) is 0 Å². The lowest BCUT2D eigenvalue weighted by Gasteiger charge is -2.27. The van der Waals surface area contributed by atoms with Crippen LogP contribution in [0.3, 0.4) is 0 Å². The van der Waals surface area contributed by atoms with E-state index in [0.717, 1.165) is 16.5 Å². The maximum Gasteiger partial charge on any atom is 0.326 e. The fraction of sp³-hybridized carbons (Fsp3) is 0.520. The van der Waals surface area contributed by atoms with Gasteiger partial charge in [0.15, 0.2) is 0 Å². The molecule has 2 aromatic rings. The zero-order chi connectivity index (χ0) is 27.7. The van der Waals surface area contributed by atoms with Crippen molar-refractivity contribution in [2.75, 3.05) is 12.0 Å². The van der Waals surface area contributed by atoms with E-state index in [1.165, 1.54) is 18.7 Å². The van der Waals surface area contributed by atoms with Gasteiger partial charge in [-0.15, -0.1) is 0 Å². The number of carboxylic acids is 1. The van der Waals surface area contributed by atoms with E-state index < -0.39 is 54.0 Å². The second kappa shape index (κ2) is 14.0. The number of hydrogen-bond donors (Lipinski definition) is 7. The lowest BCUT2D eigenvalue weighted by atomic mass is 10.0. The molecule has 5 atom stereocenters. The van der Waals surface area contributed by atoms with Crippen LogP contribution in [0, 0.1) is 5.92 Å². The average molecular weight is 536 g/mol. The Bertz CT molecular complexity index is 1090. The first kappa shape index (κ1) is 30.1. The van der Waals surface area contributed by atoms with Crippen LogP contribution in [-0.2, 0) is 25.6 Å². The number of para-hydroxylation sites is 1. The maximum absolute atomic E-state index is 13.2. The van der Waals surface area contributed by atoms with Gasteiger partial charge in [-0.1, -0.05) is 32.0 Å². The van der Waals surface area contributed by atoms with Crippen LogP contribution in [0.15, 0.2) is 30.5 Å². The van der Waals surface area contributed by atoms with E-state index in [1.54, 1.807) is 20.0 Å². The average Bonchev–Trinajstić information content (AvgIpc) is 3.26. The van der Waals surface area contributed by atoms with Crippen LogP contribution < -0.4 is 21.7 Å². The number of hydrogen-bond acceptors (Lipinski definition) is 7. The molecule has 0 radical (unpaired) electrons. The molecule has 0 saturated carbocycles. The molecule has 0 saturated heterocycles. The molecule has 3 amide bonds. The second-order valence-corrected chi connectivity index (χ2v) is 10.3. The molecular weight excluding hydrogens is 498 g/mol. The number of aliphatic carboxylic acids is 1. The van der Waals surface area contributed by atoms with E-state index in [1.807, 2.05) is 30.5 Å². The number of H-pyrrole nitrogens is 1. The van der Waals surface area contributed by atoms with Gasteiger partial charge in [-0.25, -0.2) is 4.79 Å². The Labute approximate surface area is 220 Å². The van der Waals surface area contributed by atoms with Crippen molar-refractivity contribution in [1.82, 2.24) is 20.9 Å². The molecule has 0 aliphatic heterocycles. The van der Waals surface area contributed by atoms with E-state index in [2.05, 4.69) is 20.9 Å². The molecule has 1 heterocycles. The fourth-order valence-electron chi connectivity index (χ4n) is 3.76. The van der Waals surface area contributed by atoms with Crippen molar-refractivity contribution < 1.29 is 29.4 Å². The molecule has 1 aromatic carbocycles. The van der Waals surface area contributed by atoms with Gasteiger partial charge < -0.3 is 36.9 Å². The second-order valence-electron chi connectivity index (χ2n) is 9.30. The Kier molecular flexibility index (Phi) is 11.4. The van der Waals surface area contributed by atoms with Crippen LogP contribution in [0.1, 0.15) is 32.8 Å². The third-order valence-electron chi connectivity index (χ3n) is 6.03. The summed E-state index contributed by atoms with van der Waals surface area (Å²) in [6.45, 7) is 4.81. The summed E-state index contributed by atoms with van der Waals surface area (Å²) in [4.78, 5) is 53.7. The number of nitrogens with two attached hydrogens (primary N) is 1. The van der Waals surface area contributed by atoms with Crippen LogP contribution in [-0.4, -0.2) is 81.2 Å². The van der Waals surface area contributed by atoms with Crippen molar-refractivity contribution in [3.05, 3.63) is 36.0 Å². The third kappa shape index (κ3) is 8.48. The molecule has 0 fully saturated rings. The van der Waals surface area contributed by atoms with E-state index in [9.17, 15) is 29.4 Å². The molecule has 0 aliphatic rings. The largest absolute Gasteiger partial charge is 0.480 e. The molecule has 2 rings (SSSR count). The Balaban J connectivity index is 2.16. The normalized spacial score (nSPS) is 15.4. The predicted octanol–water partition coefficient (Wildman–Crippen LogP) is 0.367. The van der Waals surface area contributed by atoms with Gasteiger partial charge in [-0.2, -0.15) is 11.8 Å². The van der Waals surface area contributed by atoms with Gasteiger partial charge in [-0.05, 0) is 42.9 Å². The highest BCUT2D eigenvalue weighted by atomic mass is 32.2. The molecule has 12 heteroatoms. The lowest BCUT2D eigenvalue weighted by Crippen LogP contribution is -2.59. The van der Waals surface area contributed by atoms with Crippen LogP contribution in [0.2, 0.25) is 0 Å². The molecule has 0 bridgehead atoms. The summed E-state index contributed by atoms with van der Waals surface area (Å²) in [5, 5.41) is 28.0. The number of benzene rings is 1.